The average molecular weight is 186 g/mol. The molecule has 2 heteroatoms. The van der Waals surface area contributed by atoms with Crippen molar-refractivity contribution in [2.24, 2.45) is 11.1 Å². The normalized spacial score (nSPS) is 17.5. The summed E-state index contributed by atoms with van der Waals surface area (Å²) in [5, 5.41) is 0. The maximum Gasteiger partial charge on any atom is 0.0289 e. The van der Waals surface area contributed by atoms with Crippen LogP contribution in [0.3, 0.4) is 0 Å². The van der Waals surface area contributed by atoms with Crippen LogP contribution in [0.4, 0.5) is 0 Å². The number of hydrogen-bond acceptors (Lipinski definition) is 2. The summed E-state index contributed by atoms with van der Waals surface area (Å²) in [6, 6.07) is 0.698. The van der Waals surface area contributed by atoms with Gasteiger partial charge in [-0.15, -0.1) is 0 Å². The number of rotatable bonds is 4. The van der Waals surface area contributed by atoms with Crippen molar-refractivity contribution in [3.8, 4) is 0 Å². The molecule has 0 aromatic carbocycles. The zero-order chi connectivity index (χ0) is 10.6. The van der Waals surface area contributed by atoms with Gasteiger partial charge in [0.1, 0.15) is 0 Å². The second-order valence-electron chi connectivity index (χ2n) is 5.15. The van der Waals surface area contributed by atoms with Crippen LogP contribution in [0.5, 0.6) is 0 Å². The quantitative estimate of drug-likeness (QED) is 0.728. The summed E-state index contributed by atoms with van der Waals surface area (Å²) in [4.78, 5) is 2.38. The predicted molar refractivity (Wildman–Crippen MR) is 59.8 cm³/mol. The summed E-state index contributed by atoms with van der Waals surface area (Å²) in [5.74, 6) is 0. The van der Waals surface area contributed by atoms with Gasteiger partial charge < -0.3 is 10.6 Å². The molecular weight excluding hydrogens is 160 g/mol. The Morgan fingerprint density at radius 2 is 1.77 bits per heavy atom. The average Bonchev–Trinajstić information content (AvgIpc) is 1.82. The molecule has 0 saturated heterocycles. The molecule has 0 aliphatic rings. The van der Waals surface area contributed by atoms with Gasteiger partial charge in [-0.2, -0.15) is 0 Å². The molecule has 2 unspecified atom stereocenters. The molecule has 0 bridgehead atoms. The Kier molecular flexibility index (Phi) is 4.93. The predicted octanol–water partition coefficient (Wildman–Crippen LogP) is 2.09. The highest BCUT2D eigenvalue weighted by Crippen LogP contribution is 2.25. The van der Waals surface area contributed by atoms with Gasteiger partial charge >= 0.3 is 0 Å². The molecule has 0 amide bonds. The van der Waals surface area contributed by atoms with Crippen LogP contribution in [0, 0.1) is 5.41 Å². The van der Waals surface area contributed by atoms with E-state index in [1.807, 2.05) is 0 Å². The van der Waals surface area contributed by atoms with Gasteiger partial charge in [-0.3, -0.25) is 0 Å². The highest BCUT2D eigenvalue weighted by molar-refractivity contribution is 4.87. The summed E-state index contributed by atoms with van der Waals surface area (Å²) < 4.78 is 0. The van der Waals surface area contributed by atoms with E-state index in [2.05, 4.69) is 46.6 Å². The Labute approximate surface area is 83.5 Å². The first-order valence-corrected chi connectivity index (χ1v) is 5.26. The lowest BCUT2D eigenvalue weighted by molar-refractivity contribution is 0.107. The molecule has 80 valence electrons. The van der Waals surface area contributed by atoms with Gasteiger partial charge in [0.25, 0.3) is 0 Å². The van der Waals surface area contributed by atoms with E-state index in [1.54, 1.807) is 0 Å². The molecule has 2 N–H and O–H groups in total. The Hall–Kier alpha value is -0.0800. The minimum absolute atomic E-state index is 0.233. The lowest BCUT2D eigenvalue weighted by atomic mass is 9.82. The van der Waals surface area contributed by atoms with Crippen LogP contribution in [-0.2, 0) is 0 Å². The number of hydrogen-bond donors (Lipinski definition) is 1. The summed E-state index contributed by atoms with van der Waals surface area (Å²) >= 11 is 0. The SMILES string of the molecule is CCCN(C)C(C(C)N)C(C)(C)C. The molecule has 2 atom stereocenters. The van der Waals surface area contributed by atoms with Gasteiger partial charge in [0.15, 0.2) is 0 Å². The molecule has 2 nitrogen and oxygen atoms in total. The van der Waals surface area contributed by atoms with Crippen molar-refractivity contribution in [3.05, 3.63) is 0 Å². The lowest BCUT2D eigenvalue weighted by Gasteiger charge is -2.40. The van der Waals surface area contributed by atoms with Crippen LogP contribution in [0.25, 0.3) is 0 Å². The van der Waals surface area contributed by atoms with E-state index < -0.39 is 0 Å². The molecule has 0 aliphatic carbocycles. The molecule has 0 rings (SSSR count). The third-order valence-corrected chi connectivity index (χ3v) is 2.44. The second-order valence-corrected chi connectivity index (χ2v) is 5.15. The van der Waals surface area contributed by atoms with Gasteiger partial charge in [-0.25, -0.2) is 0 Å². The van der Waals surface area contributed by atoms with Crippen LogP contribution >= 0.6 is 0 Å². The van der Waals surface area contributed by atoms with Gasteiger partial charge in [0.2, 0.25) is 0 Å². The minimum Gasteiger partial charge on any atom is -0.327 e. The first-order chi connectivity index (χ1) is 5.80. The number of nitrogens with zero attached hydrogens (tertiary/aromatic N) is 1. The second kappa shape index (κ2) is 4.97. The van der Waals surface area contributed by atoms with Crippen molar-refractivity contribution in [2.75, 3.05) is 13.6 Å². The third kappa shape index (κ3) is 4.10. The fourth-order valence-corrected chi connectivity index (χ4v) is 2.34. The lowest BCUT2D eigenvalue weighted by Crippen LogP contribution is -2.52. The van der Waals surface area contributed by atoms with E-state index in [0.717, 1.165) is 6.54 Å². The Morgan fingerprint density at radius 1 is 1.31 bits per heavy atom. The van der Waals surface area contributed by atoms with Crippen LogP contribution < -0.4 is 5.73 Å². The fourth-order valence-electron chi connectivity index (χ4n) is 2.34. The van der Waals surface area contributed by atoms with E-state index >= 15 is 0 Å². The summed E-state index contributed by atoms with van der Waals surface area (Å²) in [6.45, 7) is 12.2. The topological polar surface area (TPSA) is 29.3 Å². The zero-order valence-corrected chi connectivity index (χ0v) is 10.1. The standard InChI is InChI=1S/C11H26N2/c1-7-8-13(6)10(9(2)12)11(3,4)5/h9-10H,7-8,12H2,1-6H3. The Bertz CT molecular complexity index is 136. The molecule has 0 heterocycles. The highest BCUT2D eigenvalue weighted by Gasteiger charge is 2.30. The van der Waals surface area contributed by atoms with E-state index in [1.165, 1.54) is 6.42 Å². The van der Waals surface area contributed by atoms with Crippen LogP contribution in [-0.4, -0.2) is 30.6 Å². The third-order valence-electron chi connectivity index (χ3n) is 2.44. The highest BCUT2D eigenvalue weighted by atomic mass is 15.2. The first kappa shape index (κ1) is 12.9. The van der Waals surface area contributed by atoms with Gasteiger partial charge in [-0.1, -0.05) is 27.7 Å². The number of nitrogens with two attached hydrogens (primary N) is 1. The molecule has 0 aromatic heterocycles. The number of likely N-dealkylation sites (N-methyl/N-ethyl adjacent to an activating group) is 1. The van der Waals surface area contributed by atoms with Crippen molar-refractivity contribution < 1.29 is 0 Å². The van der Waals surface area contributed by atoms with E-state index in [-0.39, 0.29) is 11.5 Å². The summed E-state index contributed by atoms with van der Waals surface area (Å²) in [7, 11) is 2.17. The Morgan fingerprint density at radius 3 is 2.00 bits per heavy atom. The van der Waals surface area contributed by atoms with Crippen molar-refractivity contribution in [2.45, 2.75) is 53.1 Å². The summed E-state index contributed by atoms with van der Waals surface area (Å²) in [5.41, 5.74) is 6.27. The van der Waals surface area contributed by atoms with E-state index in [0.29, 0.717) is 6.04 Å². The van der Waals surface area contributed by atoms with Gasteiger partial charge in [-0.05, 0) is 32.4 Å². The van der Waals surface area contributed by atoms with Crippen molar-refractivity contribution >= 4 is 0 Å². The van der Waals surface area contributed by atoms with Gasteiger partial charge in [0, 0.05) is 12.1 Å². The molecule has 0 saturated carbocycles. The molecular formula is C11H26N2. The van der Waals surface area contributed by atoms with Crippen molar-refractivity contribution in [1.82, 2.24) is 4.90 Å². The summed E-state index contributed by atoms with van der Waals surface area (Å²) in [6.07, 6.45) is 1.19. The minimum atomic E-state index is 0.233. The zero-order valence-electron chi connectivity index (χ0n) is 10.1. The van der Waals surface area contributed by atoms with Crippen LogP contribution in [0.2, 0.25) is 0 Å². The van der Waals surface area contributed by atoms with E-state index in [4.69, 9.17) is 5.73 Å². The first-order valence-electron chi connectivity index (χ1n) is 5.26. The Balaban J connectivity index is 4.42. The molecule has 13 heavy (non-hydrogen) atoms. The van der Waals surface area contributed by atoms with Crippen molar-refractivity contribution in [1.29, 1.82) is 0 Å². The van der Waals surface area contributed by atoms with Crippen LogP contribution in [0.1, 0.15) is 41.0 Å². The van der Waals surface area contributed by atoms with Crippen molar-refractivity contribution in [3.63, 3.8) is 0 Å². The maximum absolute atomic E-state index is 6.01. The monoisotopic (exact) mass is 186 g/mol. The van der Waals surface area contributed by atoms with E-state index in [9.17, 15) is 0 Å². The molecule has 0 aliphatic heterocycles. The largest absolute Gasteiger partial charge is 0.327 e. The molecule has 0 aromatic rings. The van der Waals surface area contributed by atoms with Crippen LogP contribution in [0.15, 0.2) is 0 Å². The maximum atomic E-state index is 6.01. The molecule has 0 radical (unpaired) electrons. The molecule has 0 fully saturated rings. The smallest absolute Gasteiger partial charge is 0.0289 e. The fraction of sp³-hybridized carbons (Fsp3) is 1.00. The molecule has 0 spiro atoms. The van der Waals surface area contributed by atoms with Gasteiger partial charge in [0.05, 0.1) is 0 Å².